The molecule has 0 spiro atoms. The Balaban J connectivity index is 1.79. The van der Waals surface area contributed by atoms with E-state index in [2.05, 4.69) is 9.97 Å². The highest BCUT2D eigenvalue weighted by atomic mass is 35.5. The van der Waals surface area contributed by atoms with Crippen LogP contribution in [0.5, 0.6) is 6.01 Å². The number of furan rings is 1. The van der Waals surface area contributed by atoms with Crippen LogP contribution in [-0.4, -0.2) is 23.0 Å². The first kappa shape index (κ1) is 16.5. The minimum atomic E-state index is -0.765. The lowest BCUT2D eigenvalue weighted by atomic mass is 10.0. The normalized spacial score (nSPS) is 15.7. The molecule has 0 radical (unpaired) electrons. The van der Waals surface area contributed by atoms with Crippen LogP contribution in [0.3, 0.4) is 0 Å². The van der Waals surface area contributed by atoms with Gasteiger partial charge in [0.2, 0.25) is 0 Å². The van der Waals surface area contributed by atoms with Gasteiger partial charge in [0, 0.05) is 11.4 Å². The molecule has 0 fully saturated rings. The molecular formula is C18H12ClFN2O4. The molecule has 1 atom stereocenters. The van der Waals surface area contributed by atoms with Crippen molar-refractivity contribution < 1.29 is 23.1 Å². The van der Waals surface area contributed by atoms with E-state index in [0.29, 0.717) is 22.0 Å². The molecule has 0 aliphatic carbocycles. The fraction of sp³-hybridized carbons (Fsp3) is 0.167. The summed E-state index contributed by atoms with van der Waals surface area (Å²) in [5.41, 5.74) is 1.17. The van der Waals surface area contributed by atoms with Crippen molar-refractivity contribution in [3.05, 3.63) is 64.3 Å². The Morgan fingerprint density at radius 1 is 1.31 bits per heavy atom. The first-order valence-corrected chi connectivity index (χ1v) is 8.09. The minimum Gasteiger partial charge on any atom is -0.467 e. The highest BCUT2D eigenvalue weighted by Crippen LogP contribution is 2.38. The van der Waals surface area contributed by atoms with Crippen LogP contribution < -0.4 is 4.74 Å². The molecular weight excluding hydrogens is 363 g/mol. The Morgan fingerprint density at radius 2 is 2.15 bits per heavy atom. The molecule has 1 unspecified atom stereocenters. The number of benzene rings is 1. The van der Waals surface area contributed by atoms with E-state index >= 15 is 0 Å². The highest BCUT2D eigenvalue weighted by Gasteiger charge is 2.38. The summed E-state index contributed by atoms with van der Waals surface area (Å²) in [4.78, 5) is 20.9. The van der Waals surface area contributed by atoms with E-state index < -0.39 is 17.9 Å². The minimum absolute atomic E-state index is 0.0648. The highest BCUT2D eigenvalue weighted by molar-refractivity contribution is 6.30. The lowest BCUT2D eigenvalue weighted by Gasteiger charge is -2.11. The van der Waals surface area contributed by atoms with Crippen molar-refractivity contribution in [2.75, 3.05) is 7.11 Å². The molecule has 0 N–H and O–H groups in total. The number of rotatable bonds is 4. The monoisotopic (exact) mass is 374 g/mol. The molecule has 0 saturated carbocycles. The molecule has 0 saturated heterocycles. The van der Waals surface area contributed by atoms with Gasteiger partial charge in [0.25, 0.3) is 0 Å². The molecule has 1 aromatic carbocycles. The predicted molar refractivity (Wildman–Crippen MR) is 89.6 cm³/mol. The number of nitrogens with zero attached hydrogens (tertiary/aromatic N) is 2. The van der Waals surface area contributed by atoms with E-state index in [9.17, 15) is 9.18 Å². The third kappa shape index (κ3) is 2.80. The fourth-order valence-electron chi connectivity index (χ4n) is 2.84. The van der Waals surface area contributed by atoms with E-state index in [1.54, 1.807) is 24.3 Å². The van der Waals surface area contributed by atoms with Gasteiger partial charge in [-0.1, -0.05) is 17.7 Å². The Hall–Kier alpha value is -2.93. The number of methoxy groups -OCH3 is 1. The number of hydrogen-bond donors (Lipinski definition) is 0. The summed E-state index contributed by atoms with van der Waals surface area (Å²) in [6, 6.07) is 7.75. The second kappa shape index (κ2) is 6.42. The second-order valence-corrected chi connectivity index (χ2v) is 6.07. The van der Waals surface area contributed by atoms with Crippen LogP contribution in [-0.2, 0) is 11.2 Å². The molecule has 6 nitrogen and oxygen atoms in total. The smallest absolute Gasteiger partial charge is 0.343 e. The maximum absolute atomic E-state index is 14.1. The van der Waals surface area contributed by atoms with Crippen LogP contribution in [0.15, 0.2) is 41.0 Å². The largest absolute Gasteiger partial charge is 0.467 e. The van der Waals surface area contributed by atoms with E-state index in [0.717, 1.165) is 0 Å². The van der Waals surface area contributed by atoms with E-state index in [1.165, 1.54) is 19.4 Å². The summed E-state index contributed by atoms with van der Waals surface area (Å²) >= 11 is 5.78. The number of hydrogen-bond acceptors (Lipinski definition) is 6. The maximum atomic E-state index is 14.1. The standard InChI is InChI=1S/C18H12ClFN2O4/c1-24-18-21-15(12-3-2-6-25-12)14-16(22-18)13(26-17(14)23)7-9-4-5-10(19)8-11(9)20/h2-6,8,13H,7H2,1H3. The Morgan fingerprint density at radius 3 is 2.85 bits per heavy atom. The average Bonchev–Trinajstić information content (AvgIpc) is 3.26. The van der Waals surface area contributed by atoms with Gasteiger partial charge in [0.05, 0.1) is 13.4 Å². The topological polar surface area (TPSA) is 74.5 Å². The molecule has 0 amide bonds. The zero-order valence-corrected chi connectivity index (χ0v) is 14.3. The summed E-state index contributed by atoms with van der Waals surface area (Å²) in [5, 5.41) is 0.291. The SMILES string of the molecule is COc1nc(-c2ccco2)c2c(n1)C(Cc1ccc(Cl)cc1F)OC2=O. The first-order chi connectivity index (χ1) is 12.6. The zero-order valence-electron chi connectivity index (χ0n) is 13.5. The summed E-state index contributed by atoms with van der Waals surface area (Å²) < 4.78 is 30.0. The number of carbonyl (C=O) groups excluding carboxylic acids is 1. The maximum Gasteiger partial charge on any atom is 0.343 e. The molecule has 8 heteroatoms. The van der Waals surface area contributed by atoms with Crippen molar-refractivity contribution in [1.29, 1.82) is 0 Å². The Bertz CT molecular complexity index is 991. The molecule has 0 bridgehead atoms. The van der Waals surface area contributed by atoms with Crippen molar-refractivity contribution in [2.45, 2.75) is 12.5 Å². The van der Waals surface area contributed by atoms with Crippen molar-refractivity contribution >= 4 is 17.6 Å². The molecule has 4 rings (SSSR count). The van der Waals surface area contributed by atoms with Gasteiger partial charge in [-0.15, -0.1) is 0 Å². The lowest BCUT2D eigenvalue weighted by Crippen LogP contribution is -2.07. The molecule has 2 aromatic heterocycles. The third-order valence-electron chi connectivity index (χ3n) is 4.03. The Labute approximate surface area is 152 Å². The number of carbonyl (C=O) groups is 1. The van der Waals surface area contributed by atoms with Gasteiger partial charge in [0.15, 0.2) is 5.76 Å². The van der Waals surface area contributed by atoms with Crippen molar-refractivity contribution in [1.82, 2.24) is 9.97 Å². The van der Waals surface area contributed by atoms with Gasteiger partial charge in [-0.2, -0.15) is 9.97 Å². The number of fused-ring (bicyclic) bond motifs is 1. The lowest BCUT2D eigenvalue weighted by molar-refractivity contribution is 0.0380. The number of halogens is 2. The number of esters is 1. The van der Waals surface area contributed by atoms with Crippen LogP contribution >= 0.6 is 11.6 Å². The average molecular weight is 375 g/mol. The van der Waals surface area contributed by atoms with Crippen LogP contribution in [0.4, 0.5) is 4.39 Å². The molecule has 1 aliphatic heterocycles. The molecule has 26 heavy (non-hydrogen) atoms. The van der Waals surface area contributed by atoms with E-state index in [-0.39, 0.29) is 23.7 Å². The predicted octanol–water partition coefficient (Wildman–Crippen LogP) is 3.99. The third-order valence-corrected chi connectivity index (χ3v) is 4.27. The van der Waals surface area contributed by atoms with Gasteiger partial charge in [-0.25, -0.2) is 9.18 Å². The van der Waals surface area contributed by atoms with Crippen LogP contribution in [0.2, 0.25) is 5.02 Å². The molecule has 1 aliphatic rings. The summed E-state index contributed by atoms with van der Waals surface area (Å²) in [6.45, 7) is 0. The number of cyclic esters (lactones) is 1. The Kier molecular flexibility index (Phi) is 4.08. The fourth-order valence-corrected chi connectivity index (χ4v) is 3.00. The van der Waals surface area contributed by atoms with Gasteiger partial charge in [0.1, 0.15) is 28.9 Å². The molecule has 3 aromatic rings. The van der Waals surface area contributed by atoms with Crippen molar-refractivity contribution in [2.24, 2.45) is 0 Å². The quantitative estimate of drug-likeness (QED) is 0.643. The summed E-state index contributed by atoms with van der Waals surface area (Å²) in [6.07, 6.45) is 0.815. The van der Waals surface area contributed by atoms with Gasteiger partial charge in [-0.3, -0.25) is 0 Å². The van der Waals surface area contributed by atoms with Crippen molar-refractivity contribution in [3.8, 4) is 17.5 Å². The summed E-state index contributed by atoms with van der Waals surface area (Å²) in [7, 11) is 1.42. The van der Waals surface area contributed by atoms with Gasteiger partial charge < -0.3 is 13.9 Å². The number of ether oxygens (including phenoxy) is 2. The van der Waals surface area contributed by atoms with E-state index in [4.69, 9.17) is 25.5 Å². The second-order valence-electron chi connectivity index (χ2n) is 5.63. The van der Waals surface area contributed by atoms with Crippen molar-refractivity contribution in [3.63, 3.8) is 0 Å². The van der Waals surface area contributed by atoms with E-state index in [1.807, 2.05) is 0 Å². The van der Waals surface area contributed by atoms with Crippen LogP contribution in [0.25, 0.3) is 11.5 Å². The summed E-state index contributed by atoms with van der Waals surface area (Å²) in [5.74, 6) is -0.681. The number of aromatic nitrogens is 2. The van der Waals surface area contributed by atoms with Gasteiger partial charge >= 0.3 is 12.0 Å². The zero-order chi connectivity index (χ0) is 18.3. The molecule has 3 heterocycles. The van der Waals surface area contributed by atoms with Crippen LogP contribution in [0, 0.1) is 5.82 Å². The molecule has 132 valence electrons. The van der Waals surface area contributed by atoms with Crippen LogP contribution in [0.1, 0.15) is 27.7 Å². The van der Waals surface area contributed by atoms with Gasteiger partial charge in [-0.05, 0) is 29.8 Å². The first-order valence-electron chi connectivity index (χ1n) is 7.71.